The predicted molar refractivity (Wildman–Crippen MR) is 110 cm³/mol. The van der Waals surface area contributed by atoms with Crippen LogP contribution in [0.5, 0.6) is 0 Å². The molecule has 4 atom stereocenters. The van der Waals surface area contributed by atoms with Crippen LogP contribution in [0.4, 0.5) is 0 Å². The number of amides is 3. The fourth-order valence-corrected chi connectivity index (χ4v) is 2.53. The fourth-order valence-electron chi connectivity index (χ4n) is 2.53. The highest BCUT2D eigenvalue weighted by molar-refractivity contribution is 5.95. The van der Waals surface area contributed by atoms with Crippen molar-refractivity contribution in [2.45, 2.75) is 71.1 Å². The summed E-state index contributed by atoms with van der Waals surface area (Å²) in [5.41, 5.74) is 5.77. The Labute approximate surface area is 185 Å². The van der Waals surface area contributed by atoms with Crippen LogP contribution in [0.2, 0.25) is 0 Å². The average Bonchev–Trinajstić information content (AvgIpc) is 2.66. The van der Waals surface area contributed by atoms with Gasteiger partial charge in [-0.05, 0) is 18.3 Å². The largest absolute Gasteiger partial charge is 0.481 e. The molecule has 0 aliphatic heterocycles. The highest BCUT2D eigenvalue weighted by Crippen LogP contribution is 2.07. The summed E-state index contributed by atoms with van der Waals surface area (Å²) in [6, 6.07) is -5.30. The quantitative estimate of drug-likeness (QED) is 0.159. The Morgan fingerprint density at radius 3 is 1.66 bits per heavy atom. The third kappa shape index (κ3) is 10.2. The maximum atomic E-state index is 12.7. The van der Waals surface area contributed by atoms with E-state index in [0.717, 1.165) is 0 Å². The third-order valence-corrected chi connectivity index (χ3v) is 4.54. The molecule has 3 amide bonds. The average molecular weight is 460 g/mol. The van der Waals surface area contributed by atoms with E-state index in [1.165, 1.54) is 0 Å². The third-order valence-electron chi connectivity index (χ3n) is 4.54. The molecular formula is C19H32N4O9. The Balaban J connectivity index is 5.47. The van der Waals surface area contributed by atoms with E-state index in [-0.39, 0.29) is 5.92 Å². The smallest absolute Gasteiger partial charge is 0.326 e. The predicted octanol–water partition coefficient (Wildman–Crippen LogP) is -1.50. The van der Waals surface area contributed by atoms with E-state index in [9.17, 15) is 28.8 Å². The van der Waals surface area contributed by atoms with Gasteiger partial charge >= 0.3 is 17.9 Å². The summed E-state index contributed by atoms with van der Waals surface area (Å²) in [4.78, 5) is 70.6. The normalized spacial score (nSPS) is 14.7. The molecule has 0 aromatic rings. The Bertz CT molecular complexity index is 724. The zero-order chi connectivity index (χ0) is 25.2. The van der Waals surface area contributed by atoms with E-state index in [4.69, 9.17) is 21.1 Å². The molecular weight excluding hydrogens is 428 g/mol. The molecule has 0 heterocycles. The summed E-state index contributed by atoms with van der Waals surface area (Å²) in [6.45, 7) is 6.66. The molecule has 0 saturated carbocycles. The lowest BCUT2D eigenvalue weighted by molar-refractivity contribution is -0.144. The highest BCUT2D eigenvalue weighted by Gasteiger charge is 2.33. The number of carboxylic acids is 3. The van der Waals surface area contributed by atoms with Gasteiger partial charge in [-0.15, -0.1) is 0 Å². The minimum Gasteiger partial charge on any atom is -0.481 e. The molecule has 0 aromatic heterocycles. The highest BCUT2D eigenvalue weighted by atomic mass is 16.4. The van der Waals surface area contributed by atoms with Crippen LogP contribution in [0.3, 0.4) is 0 Å². The Morgan fingerprint density at radius 1 is 0.719 bits per heavy atom. The molecule has 0 aliphatic carbocycles. The number of nitrogens with one attached hydrogen (secondary N) is 3. The van der Waals surface area contributed by atoms with Gasteiger partial charge in [0.05, 0.1) is 12.5 Å². The van der Waals surface area contributed by atoms with E-state index < -0.39 is 85.0 Å². The van der Waals surface area contributed by atoms with Crippen LogP contribution in [0.15, 0.2) is 0 Å². The number of aliphatic carboxylic acids is 3. The summed E-state index contributed by atoms with van der Waals surface area (Å²) in [7, 11) is 0. The molecule has 0 spiro atoms. The van der Waals surface area contributed by atoms with Gasteiger partial charge in [0.25, 0.3) is 0 Å². The number of nitrogens with two attached hydrogens (primary N) is 1. The SMILES string of the molecule is CC(C)C(N)C(=O)NC(C(=O)NC(CC(=O)O)C(=O)NC(CCC(=O)O)C(=O)O)C(C)C. The van der Waals surface area contributed by atoms with Crippen molar-refractivity contribution < 1.29 is 44.1 Å². The molecule has 8 N–H and O–H groups in total. The van der Waals surface area contributed by atoms with Gasteiger partial charge < -0.3 is 37.0 Å². The monoisotopic (exact) mass is 460 g/mol. The van der Waals surface area contributed by atoms with Crippen LogP contribution in [0, 0.1) is 11.8 Å². The second kappa shape index (κ2) is 13.2. The molecule has 0 aromatic carbocycles. The van der Waals surface area contributed by atoms with Gasteiger partial charge in [0.15, 0.2) is 0 Å². The molecule has 182 valence electrons. The summed E-state index contributed by atoms with van der Waals surface area (Å²) in [5, 5.41) is 33.7. The number of rotatable bonds is 14. The van der Waals surface area contributed by atoms with Gasteiger partial charge in [0, 0.05) is 6.42 Å². The van der Waals surface area contributed by atoms with Gasteiger partial charge in [-0.1, -0.05) is 27.7 Å². The first-order chi connectivity index (χ1) is 14.7. The van der Waals surface area contributed by atoms with Crippen molar-refractivity contribution in [1.29, 1.82) is 0 Å². The van der Waals surface area contributed by atoms with E-state index >= 15 is 0 Å². The van der Waals surface area contributed by atoms with Crippen LogP contribution in [-0.4, -0.2) is 75.1 Å². The number of hydrogen-bond donors (Lipinski definition) is 7. The first-order valence-corrected chi connectivity index (χ1v) is 10.00. The zero-order valence-electron chi connectivity index (χ0n) is 18.5. The molecule has 4 unspecified atom stereocenters. The Morgan fingerprint density at radius 2 is 1.25 bits per heavy atom. The van der Waals surface area contributed by atoms with Crippen LogP contribution in [-0.2, 0) is 28.8 Å². The van der Waals surface area contributed by atoms with Gasteiger partial charge in [-0.2, -0.15) is 0 Å². The van der Waals surface area contributed by atoms with Gasteiger partial charge in [-0.25, -0.2) is 4.79 Å². The van der Waals surface area contributed by atoms with Crippen LogP contribution < -0.4 is 21.7 Å². The number of hydrogen-bond acceptors (Lipinski definition) is 7. The summed E-state index contributed by atoms with van der Waals surface area (Å²) in [5.74, 6) is -7.49. The molecule has 0 aliphatic rings. The van der Waals surface area contributed by atoms with Crippen molar-refractivity contribution in [2.75, 3.05) is 0 Å². The molecule has 0 saturated heterocycles. The molecule has 0 fully saturated rings. The van der Waals surface area contributed by atoms with Gasteiger partial charge in [0.1, 0.15) is 18.1 Å². The van der Waals surface area contributed by atoms with Crippen LogP contribution >= 0.6 is 0 Å². The molecule has 0 bridgehead atoms. The van der Waals surface area contributed by atoms with Crippen molar-refractivity contribution >= 4 is 35.6 Å². The molecule has 0 rings (SSSR count). The number of carbonyl (C=O) groups is 6. The van der Waals surface area contributed by atoms with Gasteiger partial charge in [0.2, 0.25) is 17.7 Å². The standard InChI is InChI=1S/C19H32N4O9/c1-8(2)14(20)17(29)23-15(9(3)4)18(30)22-11(7-13(26)27)16(28)21-10(19(31)32)5-6-12(24)25/h8-11,14-15H,5-7,20H2,1-4H3,(H,21,28)(H,22,30)(H,23,29)(H,24,25)(H,26,27)(H,31,32). The molecule has 0 radical (unpaired) electrons. The van der Waals surface area contributed by atoms with Crippen LogP contribution in [0.25, 0.3) is 0 Å². The van der Waals surface area contributed by atoms with Crippen molar-refractivity contribution in [3.63, 3.8) is 0 Å². The zero-order valence-corrected chi connectivity index (χ0v) is 18.5. The maximum absolute atomic E-state index is 12.7. The molecule has 32 heavy (non-hydrogen) atoms. The summed E-state index contributed by atoms with van der Waals surface area (Å²) >= 11 is 0. The minimum atomic E-state index is -1.66. The fraction of sp³-hybridized carbons (Fsp3) is 0.684. The second-order valence-electron chi connectivity index (χ2n) is 7.99. The first kappa shape index (κ1) is 28.8. The topological polar surface area (TPSA) is 225 Å². The van der Waals surface area contributed by atoms with E-state index in [1.54, 1.807) is 27.7 Å². The number of carboxylic acid groups (broad SMARTS) is 3. The van der Waals surface area contributed by atoms with Crippen molar-refractivity contribution in [2.24, 2.45) is 17.6 Å². The lowest BCUT2D eigenvalue weighted by Gasteiger charge is -2.27. The van der Waals surface area contributed by atoms with Crippen molar-refractivity contribution in [1.82, 2.24) is 16.0 Å². The van der Waals surface area contributed by atoms with Crippen LogP contribution in [0.1, 0.15) is 47.0 Å². The van der Waals surface area contributed by atoms with Gasteiger partial charge in [-0.3, -0.25) is 24.0 Å². The lowest BCUT2D eigenvalue weighted by atomic mass is 9.99. The molecule has 13 nitrogen and oxygen atoms in total. The maximum Gasteiger partial charge on any atom is 0.326 e. The second-order valence-corrected chi connectivity index (χ2v) is 7.99. The summed E-state index contributed by atoms with van der Waals surface area (Å²) in [6.07, 6.45) is -1.86. The first-order valence-electron chi connectivity index (χ1n) is 10.00. The number of carbonyl (C=O) groups excluding carboxylic acids is 3. The summed E-state index contributed by atoms with van der Waals surface area (Å²) < 4.78 is 0. The van der Waals surface area contributed by atoms with E-state index in [2.05, 4.69) is 10.6 Å². The minimum absolute atomic E-state index is 0.213. The van der Waals surface area contributed by atoms with E-state index in [1.807, 2.05) is 5.32 Å². The molecule has 13 heteroatoms. The lowest BCUT2D eigenvalue weighted by Crippen LogP contribution is -2.59. The van der Waals surface area contributed by atoms with E-state index in [0.29, 0.717) is 0 Å². The Hall–Kier alpha value is -3.22. The Kier molecular flexibility index (Phi) is 11.9. The van der Waals surface area contributed by atoms with Crippen molar-refractivity contribution in [3.8, 4) is 0 Å². The van der Waals surface area contributed by atoms with Crippen molar-refractivity contribution in [3.05, 3.63) is 0 Å².